The van der Waals surface area contributed by atoms with E-state index in [1.165, 1.54) is 5.56 Å². The maximum absolute atomic E-state index is 4.68. The number of hydrogen-bond donors (Lipinski definition) is 0. The molecule has 0 radical (unpaired) electrons. The molecule has 0 aliphatic heterocycles. The first-order valence-corrected chi connectivity index (χ1v) is 7.82. The normalized spacial score (nSPS) is 10.6. The Labute approximate surface area is 124 Å². The van der Waals surface area contributed by atoms with Gasteiger partial charge in [0.2, 0.25) is 0 Å². The SMILES string of the molecule is CCCc1nc(-c2cccc(Br)c2)ncc1CBr. The third-order valence-electron chi connectivity index (χ3n) is 2.67. The molecule has 1 heterocycles. The molecule has 0 saturated heterocycles. The number of alkyl halides is 1. The number of hydrogen-bond acceptors (Lipinski definition) is 2. The quantitative estimate of drug-likeness (QED) is 0.726. The van der Waals surface area contributed by atoms with Crippen molar-refractivity contribution in [3.8, 4) is 11.4 Å². The third-order valence-corrected chi connectivity index (χ3v) is 3.77. The van der Waals surface area contributed by atoms with E-state index in [1.807, 2.05) is 30.5 Å². The van der Waals surface area contributed by atoms with Gasteiger partial charge in [0.1, 0.15) is 0 Å². The summed E-state index contributed by atoms with van der Waals surface area (Å²) >= 11 is 6.96. The Bertz CT molecular complexity index is 541. The molecule has 0 N–H and O–H groups in total. The number of aromatic nitrogens is 2. The van der Waals surface area contributed by atoms with Crippen LogP contribution in [0.1, 0.15) is 24.6 Å². The first-order chi connectivity index (χ1) is 8.74. The molecule has 0 atom stereocenters. The van der Waals surface area contributed by atoms with Crippen molar-refractivity contribution in [1.29, 1.82) is 0 Å². The molecule has 2 nitrogen and oxygen atoms in total. The Morgan fingerprint density at radius 3 is 2.78 bits per heavy atom. The topological polar surface area (TPSA) is 25.8 Å². The fraction of sp³-hybridized carbons (Fsp3) is 0.286. The molecule has 2 rings (SSSR count). The number of benzene rings is 1. The van der Waals surface area contributed by atoms with Crippen molar-refractivity contribution in [3.05, 3.63) is 46.2 Å². The minimum absolute atomic E-state index is 0.796. The summed E-state index contributed by atoms with van der Waals surface area (Å²) in [4.78, 5) is 9.12. The Morgan fingerprint density at radius 1 is 1.28 bits per heavy atom. The van der Waals surface area contributed by atoms with Crippen molar-refractivity contribution in [1.82, 2.24) is 9.97 Å². The maximum Gasteiger partial charge on any atom is 0.159 e. The van der Waals surface area contributed by atoms with Crippen LogP contribution in [-0.2, 0) is 11.8 Å². The van der Waals surface area contributed by atoms with Crippen LogP contribution in [0.3, 0.4) is 0 Å². The first-order valence-electron chi connectivity index (χ1n) is 5.91. The highest BCUT2D eigenvalue weighted by atomic mass is 79.9. The van der Waals surface area contributed by atoms with Crippen molar-refractivity contribution in [2.45, 2.75) is 25.1 Å². The Kier molecular flexibility index (Phi) is 4.89. The van der Waals surface area contributed by atoms with E-state index in [2.05, 4.69) is 48.8 Å². The van der Waals surface area contributed by atoms with Crippen LogP contribution in [0, 0.1) is 0 Å². The zero-order valence-electron chi connectivity index (χ0n) is 10.2. The van der Waals surface area contributed by atoms with Gasteiger partial charge in [0.05, 0.1) is 0 Å². The fourth-order valence-electron chi connectivity index (χ4n) is 1.77. The second kappa shape index (κ2) is 6.43. The predicted molar refractivity (Wildman–Crippen MR) is 81.8 cm³/mol. The number of rotatable bonds is 4. The number of halogens is 2. The highest BCUT2D eigenvalue weighted by molar-refractivity contribution is 9.10. The number of nitrogens with zero attached hydrogens (tertiary/aromatic N) is 2. The van der Waals surface area contributed by atoms with E-state index in [9.17, 15) is 0 Å². The van der Waals surface area contributed by atoms with E-state index < -0.39 is 0 Å². The van der Waals surface area contributed by atoms with Gasteiger partial charge in [0.25, 0.3) is 0 Å². The van der Waals surface area contributed by atoms with Crippen LogP contribution in [0.5, 0.6) is 0 Å². The summed E-state index contributed by atoms with van der Waals surface area (Å²) in [5, 5.41) is 0.807. The highest BCUT2D eigenvalue weighted by Crippen LogP contribution is 2.21. The lowest BCUT2D eigenvalue weighted by Gasteiger charge is -2.07. The molecule has 0 fully saturated rings. The average molecular weight is 370 g/mol. The summed E-state index contributed by atoms with van der Waals surface area (Å²) in [6.07, 6.45) is 4.00. The fourth-order valence-corrected chi connectivity index (χ4v) is 2.64. The van der Waals surface area contributed by atoms with Crippen LogP contribution >= 0.6 is 31.9 Å². The summed E-state index contributed by atoms with van der Waals surface area (Å²) in [6, 6.07) is 8.08. The second-order valence-corrected chi connectivity index (χ2v) is 5.54. The van der Waals surface area contributed by atoms with Gasteiger partial charge in [-0.05, 0) is 18.6 Å². The molecule has 0 aliphatic rings. The van der Waals surface area contributed by atoms with Crippen molar-refractivity contribution < 1.29 is 0 Å². The van der Waals surface area contributed by atoms with Crippen LogP contribution in [0.15, 0.2) is 34.9 Å². The average Bonchev–Trinajstić information content (AvgIpc) is 2.39. The van der Waals surface area contributed by atoms with Crippen LogP contribution in [-0.4, -0.2) is 9.97 Å². The van der Waals surface area contributed by atoms with Gasteiger partial charge in [-0.15, -0.1) is 0 Å². The van der Waals surface area contributed by atoms with E-state index in [4.69, 9.17) is 0 Å². The van der Waals surface area contributed by atoms with Crippen molar-refractivity contribution in [2.75, 3.05) is 0 Å². The molecule has 0 aliphatic carbocycles. The van der Waals surface area contributed by atoms with Gasteiger partial charge >= 0.3 is 0 Å². The molecule has 0 saturated carbocycles. The largest absolute Gasteiger partial charge is 0.236 e. The number of aryl methyl sites for hydroxylation is 1. The lowest BCUT2D eigenvalue weighted by atomic mass is 10.1. The highest BCUT2D eigenvalue weighted by Gasteiger charge is 2.07. The van der Waals surface area contributed by atoms with Gasteiger partial charge in [-0.3, -0.25) is 0 Å². The molecular weight excluding hydrogens is 356 g/mol. The van der Waals surface area contributed by atoms with E-state index in [0.717, 1.165) is 39.7 Å². The molecule has 18 heavy (non-hydrogen) atoms. The lowest BCUT2D eigenvalue weighted by molar-refractivity contribution is 0.860. The maximum atomic E-state index is 4.68. The molecule has 1 aromatic carbocycles. The van der Waals surface area contributed by atoms with Gasteiger partial charge < -0.3 is 0 Å². The van der Waals surface area contributed by atoms with Crippen molar-refractivity contribution in [3.63, 3.8) is 0 Å². The molecule has 0 amide bonds. The minimum Gasteiger partial charge on any atom is -0.236 e. The van der Waals surface area contributed by atoms with Crippen molar-refractivity contribution >= 4 is 31.9 Å². The van der Waals surface area contributed by atoms with Crippen LogP contribution in [0.2, 0.25) is 0 Å². The monoisotopic (exact) mass is 368 g/mol. The summed E-state index contributed by atoms with van der Waals surface area (Å²) in [7, 11) is 0. The van der Waals surface area contributed by atoms with Gasteiger partial charge in [0.15, 0.2) is 5.82 Å². The molecular formula is C14H14Br2N2. The van der Waals surface area contributed by atoms with E-state index >= 15 is 0 Å². The summed E-state index contributed by atoms with van der Waals surface area (Å²) in [5.74, 6) is 0.796. The van der Waals surface area contributed by atoms with Gasteiger partial charge in [-0.1, -0.05) is 57.3 Å². The smallest absolute Gasteiger partial charge is 0.159 e. The molecule has 0 bridgehead atoms. The van der Waals surface area contributed by atoms with E-state index in [0.29, 0.717) is 0 Å². The lowest BCUT2D eigenvalue weighted by Crippen LogP contribution is -2.00. The third kappa shape index (κ3) is 3.18. The Balaban J connectivity index is 2.43. The minimum atomic E-state index is 0.796. The molecule has 94 valence electrons. The van der Waals surface area contributed by atoms with Crippen LogP contribution < -0.4 is 0 Å². The van der Waals surface area contributed by atoms with Crippen LogP contribution in [0.25, 0.3) is 11.4 Å². The van der Waals surface area contributed by atoms with Gasteiger partial charge in [-0.2, -0.15) is 0 Å². The zero-order valence-corrected chi connectivity index (χ0v) is 13.3. The van der Waals surface area contributed by atoms with E-state index in [1.54, 1.807) is 0 Å². The summed E-state index contributed by atoms with van der Waals surface area (Å²) < 4.78 is 1.05. The Morgan fingerprint density at radius 2 is 2.11 bits per heavy atom. The van der Waals surface area contributed by atoms with Gasteiger partial charge in [0, 0.05) is 32.8 Å². The molecule has 0 spiro atoms. The van der Waals surface area contributed by atoms with Gasteiger partial charge in [-0.25, -0.2) is 9.97 Å². The Hall–Kier alpha value is -0.740. The second-order valence-electron chi connectivity index (χ2n) is 4.06. The molecule has 4 heteroatoms. The van der Waals surface area contributed by atoms with E-state index in [-0.39, 0.29) is 0 Å². The summed E-state index contributed by atoms with van der Waals surface area (Å²) in [6.45, 7) is 2.17. The first kappa shape index (κ1) is 13.7. The standard InChI is InChI=1S/C14H14Br2N2/c1-2-4-13-11(8-15)9-17-14(18-13)10-5-3-6-12(16)7-10/h3,5-7,9H,2,4,8H2,1H3. The molecule has 2 aromatic rings. The van der Waals surface area contributed by atoms with Crippen molar-refractivity contribution in [2.24, 2.45) is 0 Å². The van der Waals surface area contributed by atoms with Crippen LogP contribution in [0.4, 0.5) is 0 Å². The molecule has 0 unspecified atom stereocenters. The summed E-state index contributed by atoms with van der Waals surface area (Å²) in [5.41, 5.74) is 3.36. The zero-order chi connectivity index (χ0) is 13.0. The molecule has 1 aromatic heterocycles. The predicted octanol–water partition coefficient (Wildman–Crippen LogP) is 4.75.